The number of nitrogens with zero attached hydrogens (tertiary/aromatic N) is 1. The van der Waals surface area contributed by atoms with E-state index in [2.05, 4.69) is 65.1 Å². The molecule has 0 unspecified atom stereocenters. The summed E-state index contributed by atoms with van der Waals surface area (Å²) in [5, 5.41) is 10.4. The van der Waals surface area contributed by atoms with Crippen molar-refractivity contribution < 1.29 is 9.59 Å². The van der Waals surface area contributed by atoms with E-state index >= 15 is 0 Å². The second-order valence-electron chi connectivity index (χ2n) is 7.57. The van der Waals surface area contributed by atoms with Crippen LogP contribution >= 0.6 is 0 Å². The fourth-order valence-corrected chi connectivity index (χ4v) is 3.49. The Labute approximate surface area is 147 Å². The largest absolute Gasteiger partial charge is 0.508 e. The molecule has 0 aromatic heterocycles. The Morgan fingerprint density at radius 3 is 1.92 bits per heavy atom. The molecule has 1 N–H and O–H groups in total. The second kappa shape index (κ2) is 7.85. The first-order valence-electron chi connectivity index (χ1n) is 9.04. The summed E-state index contributed by atoms with van der Waals surface area (Å²) < 4.78 is 1.04. The topological polar surface area (TPSA) is 20.2 Å². The minimum absolute atomic E-state index is 0.224. The van der Waals surface area contributed by atoms with Crippen LogP contribution in [0.5, 0.6) is 5.75 Å². The standard InChI is InChI=1S/C22H31NO/c1-17(2)23(5,18(3)4)16-15-20(19-11-7-6-8-12-19)21-13-9-10-14-22(21)24/h6-14,17-18,20H,15-16H2,1-5H3/p+1/t20-/m0/s1. The Kier molecular flexibility index (Phi) is 6.06. The van der Waals surface area contributed by atoms with Crippen LogP contribution in [-0.4, -0.2) is 35.3 Å². The van der Waals surface area contributed by atoms with E-state index in [9.17, 15) is 5.11 Å². The number of benzene rings is 2. The molecule has 0 bridgehead atoms. The van der Waals surface area contributed by atoms with Crippen molar-refractivity contribution in [1.82, 2.24) is 0 Å². The number of rotatable bonds is 7. The van der Waals surface area contributed by atoms with Crippen LogP contribution in [0.2, 0.25) is 0 Å². The van der Waals surface area contributed by atoms with E-state index in [-0.39, 0.29) is 5.92 Å². The van der Waals surface area contributed by atoms with Gasteiger partial charge in [-0.3, -0.25) is 0 Å². The van der Waals surface area contributed by atoms with Gasteiger partial charge in [0.15, 0.2) is 0 Å². The highest BCUT2D eigenvalue weighted by atomic mass is 16.3. The van der Waals surface area contributed by atoms with Crippen LogP contribution in [0.1, 0.15) is 51.2 Å². The molecule has 2 aromatic rings. The van der Waals surface area contributed by atoms with Gasteiger partial charge in [-0.15, -0.1) is 0 Å². The van der Waals surface area contributed by atoms with Gasteiger partial charge in [-0.05, 0) is 39.3 Å². The molecule has 130 valence electrons. The van der Waals surface area contributed by atoms with E-state index in [4.69, 9.17) is 0 Å². The molecule has 2 nitrogen and oxygen atoms in total. The minimum Gasteiger partial charge on any atom is -0.508 e. The number of aromatic hydroxyl groups is 1. The Morgan fingerprint density at radius 2 is 1.38 bits per heavy atom. The average molecular weight is 327 g/mol. The number of quaternary nitrogens is 1. The molecule has 2 rings (SSSR count). The minimum atomic E-state index is 0.224. The lowest BCUT2D eigenvalue weighted by molar-refractivity contribution is -0.949. The van der Waals surface area contributed by atoms with Gasteiger partial charge in [-0.1, -0.05) is 48.5 Å². The van der Waals surface area contributed by atoms with Gasteiger partial charge < -0.3 is 9.59 Å². The van der Waals surface area contributed by atoms with Crippen molar-refractivity contribution in [3.63, 3.8) is 0 Å². The third-order valence-electron chi connectivity index (χ3n) is 5.77. The quantitative estimate of drug-likeness (QED) is 0.695. The fourth-order valence-electron chi connectivity index (χ4n) is 3.49. The number of phenolic OH excluding ortho intramolecular Hbond substituents is 1. The van der Waals surface area contributed by atoms with Gasteiger partial charge in [0, 0.05) is 17.9 Å². The fraction of sp³-hybridized carbons (Fsp3) is 0.455. The summed E-state index contributed by atoms with van der Waals surface area (Å²) in [5.41, 5.74) is 2.31. The molecule has 0 saturated carbocycles. The van der Waals surface area contributed by atoms with Crippen LogP contribution in [0, 0.1) is 0 Å². The van der Waals surface area contributed by atoms with E-state index in [1.807, 2.05) is 18.2 Å². The van der Waals surface area contributed by atoms with Gasteiger partial charge in [-0.2, -0.15) is 0 Å². The van der Waals surface area contributed by atoms with E-state index < -0.39 is 0 Å². The number of hydrogen-bond acceptors (Lipinski definition) is 1. The number of hydrogen-bond donors (Lipinski definition) is 1. The van der Waals surface area contributed by atoms with Gasteiger partial charge in [0.1, 0.15) is 5.75 Å². The average Bonchev–Trinajstić information content (AvgIpc) is 2.57. The summed E-state index contributed by atoms with van der Waals surface area (Å²) >= 11 is 0. The van der Waals surface area contributed by atoms with Crippen molar-refractivity contribution in [2.45, 2.75) is 52.1 Å². The predicted octanol–water partition coefficient (Wildman–Crippen LogP) is 5.18. The van der Waals surface area contributed by atoms with E-state index in [0.717, 1.165) is 23.0 Å². The van der Waals surface area contributed by atoms with Crippen LogP contribution in [0.15, 0.2) is 54.6 Å². The van der Waals surface area contributed by atoms with Crippen molar-refractivity contribution in [2.75, 3.05) is 13.6 Å². The van der Waals surface area contributed by atoms with Crippen LogP contribution in [0.25, 0.3) is 0 Å². The molecule has 0 aliphatic carbocycles. The van der Waals surface area contributed by atoms with Crippen LogP contribution in [0.3, 0.4) is 0 Å². The van der Waals surface area contributed by atoms with Crippen LogP contribution in [0.4, 0.5) is 0 Å². The van der Waals surface area contributed by atoms with Crippen molar-refractivity contribution in [1.29, 1.82) is 0 Å². The summed E-state index contributed by atoms with van der Waals surface area (Å²) in [4.78, 5) is 0. The van der Waals surface area contributed by atoms with Gasteiger partial charge in [-0.25, -0.2) is 0 Å². The lowest BCUT2D eigenvalue weighted by Gasteiger charge is -2.43. The number of para-hydroxylation sites is 1. The van der Waals surface area contributed by atoms with E-state index in [1.54, 1.807) is 6.07 Å². The zero-order valence-corrected chi connectivity index (χ0v) is 15.7. The van der Waals surface area contributed by atoms with Crippen molar-refractivity contribution in [2.24, 2.45) is 0 Å². The molecule has 1 atom stereocenters. The normalized spacial score (nSPS) is 13.5. The Bertz CT molecular complexity index is 625. The van der Waals surface area contributed by atoms with Crippen molar-refractivity contribution >= 4 is 0 Å². The highest BCUT2D eigenvalue weighted by molar-refractivity contribution is 5.41. The highest BCUT2D eigenvalue weighted by Gasteiger charge is 2.31. The molecule has 0 aliphatic heterocycles. The van der Waals surface area contributed by atoms with Crippen molar-refractivity contribution in [3.8, 4) is 5.75 Å². The smallest absolute Gasteiger partial charge is 0.119 e. The van der Waals surface area contributed by atoms with E-state index in [0.29, 0.717) is 17.8 Å². The molecule has 0 saturated heterocycles. The molecule has 2 heteroatoms. The molecular formula is C22H32NO+. The zero-order valence-electron chi connectivity index (χ0n) is 15.7. The zero-order chi connectivity index (χ0) is 17.7. The maximum absolute atomic E-state index is 10.4. The first kappa shape index (κ1) is 18.5. The third-order valence-corrected chi connectivity index (χ3v) is 5.77. The number of phenols is 1. The molecule has 0 spiro atoms. The lowest BCUT2D eigenvalue weighted by Crippen LogP contribution is -2.55. The molecule has 2 aromatic carbocycles. The Hall–Kier alpha value is -1.80. The van der Waals surface area contributed by atoms with Gasteiger partial charge in [0.25, 0.3) is 0 Å². The molecular weight excluding hydrogens is 294 g/mol. The molecule has 24 heavy (non-hydrogen) atoms. The highest BCUT2D eigenvalue weighted by Crippen LogP contribution is 2.35. The third kappa shape index (κ3) is 3.99. The van der Waals surface area contributed by atoms with Gasteiger partial charge in [0.05, 0.1) is 25.7 Å². The van der Waals surface area contributed by atoms with Gasteiger partial charge >= 0.3 is 0 Å². The second-order valence-corrected chi connectivity index (χ2v) is 7.57. The lowest BCUT2D eigenvalue weighted by atomic mass is 9.87. The summed E-state index contributed by atoms with van der Waals surface area (Å²) in [6, 6.07) is 19.5. The maximum Gasteiger partial charge on any atom is 0.119 e. The molecule has 0 radical (unpaired) electrons. The first-order valence-corrected chi connectivity index (χ1v) is 9.04. The SMILES string of the molecule is CC(C)[N+](C)(CC[C@@H](c1ccccc1)c1ccccc1O)C(C)C. The van der Waals surface area contributed by atoms with Gasteiger partial charge in [0.2, 0.25) is 0 Å². The van der Waals surface area contributed by atoms with Crippen molar-refractivity contribution in [3.05, 3.63) is 65.7 Å². The molecule has 0 fully saturated rings. The van der Waals surface area contributed by atoms with Crippen LogP contribution < -0.4 is 0 Å². The monoisotopic (exact) mass is 326 g/mol. The first-order chi connectivity index (χ1) is 11.4. The Morgan fingerprint density at radius 1 is 0.833 bits per heavy atom. The summed E-state index contributed by atoms with van der Waals surface area (Å²) in [6.45, 7) is 10.3. The predicted molar refractivity (Wildman–Crippen MR) is 102 cm³/mol. The molecule has 0 amide bonds. The van der Waals surface area contributed by atoms with Crippen LogP contribution in [-0.2, 0) is 0 Å². The summed E-state index contributed by atoms with van der Waals surface area (Å²) in [6.07, 6.45) is 1.02. The summed E-state index contributed by atoms with van der Waals surface area (Å²) in [7, 11) is 2.35. The molecule has 0 heterocycles. The summed E-state index contributed by atoms with van der Waals surface area (Å²) in [5.74, 6) is 0.622. The Balaban J connectivity index is 2.33. The maximum atomic E-state index is 10.4. The molecule has 0 aliphatic rings. The van der Waals surface area contributed by atoms with E-state index in [1.165, 1.54) is 5.56 Å².